The van der Waals surface area contributed by atoms with Gasteiger partial charge in [-0.2, -0.15) is 0 Å². The summed E-state index contributed by atoms with van der Waals surface area (Å²) >= 11 is 4.53. The van der Waals surface area contributed by atoms with Crippen molar-refractivity contribution in [2.75, 3.05) is 13.6 Å². The molecule has 0 amide bonds. The minimum absolute atomic E-state index is 0.743. The topological polar surface area (TPSA) is 32.3 Å². The van der Waals surface area contributed by atoms with E-state index in [4.69, 9.17) is 4.55 Å². The number of aryl methyl sites for hydroxylation is 1. The van der Waals surface area contributed by atoms with Crippen LogP contribution in [0.3, 0.4) is 0 Å². The summed E-state index contributed by atoms with van der Waals surface area (Å²) in [7, 11) is 1.93. The molecular weight excluding hydrogens is 258 g/mol. The molecule has 0 saturated heterocycles. The van der Waals surface area contributed by atoms with Crippen LogP contribution in [0.25, 0.3) is 0 Å². The third kappa shape index (κ3) is 4.30. The zero-order chi connectivity index (χ0) is 12.0. The fourth-order valence-electron chi connectivity index (χ4n) is 1.31. The average molecular weight is 277 g/mol. The number of thiophene rings is 1. The first kappa shape index (κ1) is 14.4. The molecule has 1 aromatic heterocycles. The van der Waals surface area contributed by atoms with Gasteiger partial charge in [-0.15, -0.1) is 23.1 Å². The van der Waals surface area contributed by atoms with Crippen molar-refractivity contribution in [2.24, 2.45) is 0 Å². The monoisotopic (exact) mass is 277 g/mol. The standard InChI is InChI=1S/C8H10OS3.C3H9N/c1-5-2-3-6-4-7(12-9)11-8(6)10-5;1-3-4-2/h4-5,9H,2-3H2,1H3;4H,3H2,1-2H3. The molecule has 1 aliphatic heterocycles. The maximum atomic E-state index is 8.87. The molecule has 0 bridgehead atoms. The quantitative estimate of drug-likeness (QED) is 0.801. The van der Waals surface area contributed by atoms with Crippen LogP contribution in [0.15, 0.2) is 14.5 Å². The van der Waals surface area contributed by atoms with Gasteiger partial charge in [0.25, 0.3) is 0 Å². The molecule has 1 atom stereocenters. The molecule has 0 spiro atoms. The van der Waals surface area contributed by atoms with Gasteiger partial charge in [0.05, 0.1) is 8.42 Å². The van der Waals surface area contributed by atoms with E-state index < -0.39 is 0 Å². The third-order valence-corrected chi connectivity index (χ3v) is 5.51. The van der Waals surface area contributed by atoms with Crippen LogP contribution < -0.4 is 5.32 Å². The molecule has 1 aliphatic rings. The molecule has 2 N–H and O–H groups in total. The normalized spacial score (nSPS) is 18.6. The van der Waals surface area contributed by atoms with Crippen LogP contribution in [-0.2, 0) is 6.42 Å². The number of thioether (sulfide) groups is 1. The summed E-state index contributed by atoms with van der Waals surface area (Å²) in [5.41, 5.74) is 1.43. The van der Waals surface area contributed by atoms with Crippen LogP contribution in [0.1, 0.15) is 25.8 Å². The third-order valence-electron chi connectivity index (χ3n) is 2.32. The average Bonchev–Trinajstić information content (AvgIpc) is 2.71. The van der Waals surface area contributed by atoms with Gasteiger partial charge >= 0.3 is 0 Å². The van der Waals surface area contributed by atoms with E-state index in [0.29, 0.717) is 0 Å². The minimum atomic E-state index is 0.743. The Morgan fingerprint density at radius 1 is 1.62 bits per heavy atom. The van der Waals surface area contributed by atoms with Crippen LogP contribution in [0.5, 0.6) is 0 Å². The molecule has 2 rings (SSSR count). The van der Waals surface area contributed by atoms with Crippen LogP contribution in [-0.4, -0.2) is 23.4 Å². The Morgan fingerprint density at radius 3 is 2.88 bits per heavy atom. The maximum absolute atomic E-state index is 8.87. The van der Waals surface area contributed by atoms with E-state index >= 15 is 0 Å². The Bertz CT molecular complexity index is 312. The summed E-state index contributed by atoms with van der Waals surface area (Å²) in [6.45, 7) is 5.40. The van der Waals surface area contributed by atoms with Gasteiger partial charge in [-0.3, -0.25) is 0 Å². The molecule has 1 aromatic rings. The highest BCUT2D eigenvalue weighted by atomic mass is 32.2. The molecule has 0 radical (unpaired) electrons. The van der Waals surface area contributed by atoms with Crippen LogP contribution in [0, 0.1) is 0 Å². The van der Waals surface area contributed by atoms with E-state index in [9.17, 15) is 0 Å². The lowest BCUT2D eigenvalue weighted by Gasteiger charge is -2.16. The van der Waals surface area contributed by atoms with Gasteiger partial charge in [-0.25, -0.2) is 0 Å². The van der Waals surface area contributed by atoms with Crippen molar-refractivity contribution in [2.45, 2.75) is 40.4 Å². The van der Waals surface area contributed by atoms with E-state index in [1.165, 1.54) is 22.6 Å². The minimum Gasteiger partial charge on any atom is -0.325 e. The summed E-state index contributed by atoms with van der Waals surface area (Å²) in [6, 6.07) is 2.11. The van der Waals surface area contributed by atoms with Crippen LogP contribution in [0.2, 0.25) is 0 Å². The highest BCUT2D eigenvalue weighted by molar-refractivity contribution is 8.02. The maximum Gasteiger partial charge on any atom is 0.0888 e. The summed E-state index contributed by atoms with van der Waals surface area (Å²) in [4.78, 5) is 0. The molecule has 16 heavy (non-hydrogen) atoms. The molecular formula is C11H19NOS3. The Morgan fingerprint density at radius 2 is 2.31 bits per heavy atom. The number of fused-ring (bicyclic) bond motifs is 1. The predicted molar refractivity (Wildman–Crippen MR) is 76.0 cm³/mol. The smallest absolute Gasteiger partial charge is 0.0888 e. The number of nitrogens with one attached hydrogen (secondary N) is 1. The molecule has 1 unspecified atom stereocenters. The molecule has 0 aromatic carbocycles. The highest BCUT2D eigenvalue weighted by Gasteiger charge is 2.18. The predicted octanol–water partition coefficient (Wildman–Crippen LogP) is 3.97. The van der Waals surface area contributed by atoms with Gasteiger partial charge in [0.15, 0.2) is 0 Å². The second-order valence-electron chi connectivity index (χ2n) is 3.64. The van der Waals surface area contributed by atoms with Crippen molar-refractivity contribution in [1.82, 2.24) is 5.32 Å². The van der Waals surface area contributed by atoms with Crippen LogP contribution in [0.4, 0.5) is 0 Å². The highest BCUT2D eigenvalue weighted by Crippen LogP contribution is 2.42. The first-order chi connectivity index (χ1) is 7.71. The Labute approximate surface area is 110 Å². The Balaban J connectivity index is 0.000000280. The summed E-state index contributed by atoms with van der Waals surface area (Å²) < 4.78 is 11.3. The van der Waals surface area contributed by atoms with Crippen molar-refractivity contribution in [3.8, 4) is 0 Å². The largest absolute Gasteiger partial charge is 0.325 e. The van der Waals surface area contributed by atoms with Gasteiger partial charge in [0.2, 0.25) is 0 Å². The molecule has 2 nitrogen and oxygen atoms in total. The molecule has 0 saturated carbocycles. The number of rotatable bonds is 2. The Hall–Kier alpha value is 0.320. The lowest BCUT2D eigenvalue weighted by Crippen LogP contribution is -2.03. The second kappa shape index (κ2) is 7.61. The Kier molecular flexibility index (Phi) is 6.84. The zero-order valence-corrected chi connectivity index (χ0v) is 12.4. The van der Waals surface area contributed by atoms with Crippen molar-refractivity contribution >= 4 is 35.1 Å². The van der Waals surface area contributed by atoms with Gasteiger partial charge in [0.1, 0.15) is 0 Å². The van der Waals surface area contributed by atoms with Crippen LogP contribution >= 0.6 is 35.1 Å². The van der Waals surface area contributed by atoms with Crippen molar-refractivity contribution in [1.29, 1.82) is 0 Å². The fourth-order valence-corrected chi connectivity index (χ4v) is 4.60. The van der Waals surface area contributed by atoms with E-state index in [0.717, 1.165) is 28.0 Å². The van der Waals surface area contributed by atoms with Gasteiger partial charge < -0.3 is 9.87 Å². The van der Waals surface area contributed by atoms with Crippen molar-refractivity contribution in [3.63, 3.8) is 0 Å². The van der Waals surface area contributed by atoms with Gasteiger partial charge in [0, 0.05) is 17.3 Å². The van der Waals surface area contributed by atoms with Gasteiger partial charge in [-0.1, -0.05) is 13.8 Å². The first-order valence-electron chi connectivity index (χ1n) is 5.46. The second-order valence-corrected chi connectivity index (χ2v) is 7.28. The molecule has 5 heteroatoms. The SMILES string of the molecule is CC1CCc2cc(SO)sc2S1.CCNC. The lowest BCUT2D eigenvalue weighted by atomic mass is 10.1. The molecule has 0 fully saturated rings. The fraction of sp³-hybridized carbons (Fsp3) is 0.636. The number of hydrogen-bond acceptors (Lipinski definition) is 5. The number of hydrogen-bond donors (Lipinski definition) is 2. The lowest BCUT2D eigenvalue weighted by molar-refractivity contribution is 0.665. The summed E-state index contributed by atoms with van der Waals surface area (Å²) in [5, 5.41) is 3.67. The van der Waals surface area contributed by atoms with E-state index in [2.05, 4.69) is 25.2 Å². The van der Waals surface area contributed by atoms with E-state index in [1.54, 1.807) is 11.3 Å². The first-order valence-corrected chi connectivity index (χ1v) is 7.93. The van der Waals surface area contributed by atoms with E-state index in [-0.39, 0.29) is 0 Å². The molecule has 92 valence electrons. The van der Waals surface area contributed by atoms with Crippen molar-refractivity contribution < 1.29 is 4.55 Å². The molecule has 2 heterocycles. The summed E-state index contributed by atoms with van der Waals surface area (Å²) in [5.74, 6) is 0. The van der Waals surface area contributed by atoms with E-state index in [1.807, 2.05) is 18.8 Å². The van der Waals surface area contributed by atoms with Crippen molar-refractivity contribution in [3.05, 3.63) is 11.6 Å². The molecule has 0 aliphatic carbocycles. The van der Waals surface area contributed by atoms with Gasteiger partial charge in [-0.05, 0) is 38.1 Å². The summed E-state index contributed by atoms with van der Waals surface area (Å²) in [6.07, 6.45) is 2.45. The zero-order valence-electron chi connectivity index (χ0n) is 9.95.